The van der Waals surface area contributed by atoms with Gasteiger partial charge in [-0.15, -0.1) is 0 Å². The fourth-order valence-electron chi connectivity index (χ4n) is 3.25. The van der Waals surface area contributed by atoms with Crippen molar-refractivity contribution >= 4 is 16.8 Å². The molecule has 29 heavy (non-hydrogen) atoms. The van der Waals surface area contributed by atoms with Gasteiger partial charge in [0.15, 0.2) is 0 Å². The lowest BCUT2D eigenvalue weighted by atomic mass is 10.0. The second-order valence-corrected chi connectivity index (χ2v) is 6.71. The average molecular weight is 386 g/mol. The van der Waals surface area contributed by atoms with Gasteiger partial charge in [0, 0.05) is 36.4 Å². The van der Waals surface area contributed by atoms with E-state index in [9.17, 15) is 4.79 Å². The number of hydrogen-bond donors (Lipinski definition) is 1. The Kier molecular flexibility index (Phi) is 5.52. The van der Waals surface area contributed by atoms with Gasteiger partial charge in [-0.05, 0) is 42.8 Å². The number of benzene rings is 2. The fourth-order valence-corrected chi connectivity index (χ4v) is 3.25. The lowest BCUT2D eigenvalue weighted by Gasteiger charge is -2.11. The van der Waals surface area contributed by atoms with E-state index in [1.165, 1.54) is 0 Å². The van der Waals surface area contributed by atoms with E-state index in [2.05, 4.69) is 10.3 Å². The number of aryl methyl sites for hydroxylation is 1. The molecule has 0 aliphatic carbocycles. The quantitative estimate of drug-likeness (QED) is 0.489. The van der Waals surface area contributed by atoms with Crippen LogP contribution in [0.15, 0.2) is 73.3 Å². The number of carbonyl (C=O) groups excluding carboxylic acids is 1. The number of imidazole rings is 1. The molecule has 146 valence electrons. The van der Waals surface area contributed by atoms with Crippen molar-refractivity contribution in [2.45, 2.75) is 13.0 Å². The Bertz CT molecular complexity index is 1110. The van der Waals surface area contributed by atoms with Gasteiger partial charge in [0.2, 0.25) is 0 Å². The summed E-state index contributed by atoms with van der Waals surface area (Å²) in [5.74, 6) is 0.689. The molecule has 2 aromatic carbocycles. The van der Waals surface area contributed by atoms with Gasteiger partial charge < -0.3 is 14.6 Å². The Morgan fingerprint density at radius 2 is 1.97 bits per heavy atom. The van der Waals surface area contributed by atoms with Crippen LogP contribution in [0, 0.1) is 0 Å². The number of pyridine rings is 1. The third-order valence-electron chi connectivity index (χ3n) is 4.78. The zero-order valence-electron chi connectivity index (χ0n) is 16.2. The molecule has 6 heteroatoms. The number of nitrogens with one attached hydrogen (secondary N) is 1. The molecule has 0 bridgehead atoms. The van der Waals surface area contributed by atoms with E-state index in [0.717, 1.165) is 40.9 Å². The number of rotatable bonds is 7. The SMILES string of the molecule is COc1ccc(-c2cc(C(=O)NCCCn3ccnc3)c3ccccc3n2)cc1. The van der Waals surface area contributed by atoms with Gasteiger partial charge in [-0.3, -0.25) is 4.79 Å². The molecule has 0 radical (unpaired) electrons. The van der Waals surface area contributed by atoms with Crippen molar-refractivity contribution in [3.8, 4) is 17.0 Å². The van der Waals surface area contributed by atoms with Crippen molar-refractivity contribution in [1.82, 2.24) is 19.9 Å². The zero-order chi connectivity index (χ0) is 20.1. The largest absolute Gasteiger partial charge is 0.497 e. The molecule has 0 aliphatic heterocycles. The van der Waals surface area contributed by atoms with E-state index >= 15 is 0 Å². The highest BCUT2D eigenvalue weighted by Crippen LogP contribution is 2.26. The van der Waals surface area contributed by atoms with Crippen molar-refractivity contribution in [3.63, 3.8) is 0 Å². The molecule has 0 saturated heterocycles. The maximum atomic E-state index is 12.9. The number of carbonyl (C=O) groups is 1. The van der Waals surface area contributed by atoms with Crippen molar-refractivity contribution in [3.05, 3.63) is 78.9 Å². The molecule has 6 nitrogen and oxygen atoms in total. The third-order valence-corrected chi connectivity index (χ3v) is 4.78. The second kappa shape index (κ2) is 8.56. The number of hydrogen-bond acceptors (Lipinski definition) is 4. The minimum atomic E-state index is -0.0935. The first-order chi connectivity index (χ1) is 14.2. The van der Waals surface area contributed by atoms with Gasteiger partial charge in [0.1, 0.15) is 5.75 Å². The van der Waals surface area contributed by atoms with Gasteiger partial charge in [-0.1, -0.05) is 18.2 Å². The molecule has 4 rings (SSSR count). The van der Waals surface area contributed by atoms with Crippen LogP contribution in [0.5, 0.6) is 5.75 Å². The Morgan fingerprint density at radius 1 is 1.14 bits per heavy atom. The number of amides is 1. The molecule has 1 N–H and O–H groups in total. The zero-order valence-corrected chi connectivity index (χ0v) is 16.2. The van der Waals surface area contributed by atoms with Crippen molar-refractivity contribution in [2.24, 2.45) is 0 Å². The molecule has 4 aromatic rings. The number of para-hydroxylation sites is 1. The highest BCUT2D eigenvalue weighted by molar-refractivity contribution is 6.07. The minimum Gasteiger partial charge on any atom is -0.497 e. The van der Waals surface area contributed by atoms with E-state index in [1.807, 2.05) is 65.4 Å². The second-order valence-electron chi connectivity index (χ2n) is 6.71. The maximum Gasteiger partial charge on any atom is 0.252 e. The summed E-state index contributed by atoms with van der Waals surface area (Å²) >= 11 is 0. The number of nitrogens with zero attached hydrogens (tertiary/aromatic N) is 3. The van der Waals surface area contributed by atoms with Crippen molar-refractivity contribution in [2.75, 3.05) is 13.7 Å². The summed E-state index contributed by atoms with van der Waals surface area (Å²) in [5.41, 5.74) is 3.12. The molecule has 1 amide bonds. The number of methoxy groups -OCH3 is 1. The van der Waals surface area contributed by atoms with Crippen LogP contribution >= 0.6 is 0 Å². The molecule has 0 saturated carbocycles. The van der Waals surface area contributed by atoms with Gasteiger partial charge in [0.05, 0.1) is 30.2 Å². The lowest BCUT2D eigenvalue weighted by molar-refractivity contribution is 0.0954. The number of aromatic nitrogens is 3. The first kappa shape index (κ1) is 18.7. The Balaban J connectivity index is 1.57. The van der Waals surface area contributed by atoms with E-state index in [0.29, 0.717) is 12.1 Å². The predicted octanol–water partition coefficient (Wildman–Crippen LogP) is 3.93. The van der Waals surface area contributed by atoms with E-state index in [1.54, 1.807) is 19.6 Å². The summed E-state index contributed by atoms with van der Waals surface area (Å²) < 4.78 is 7.22. The molecule has 0 atom stereocenters. The van der Waals surface area contributed by atoms with Crippen LogP contribution in [0.4, 0.5) is 0 Å². The summed E-state index contributed by atoms with van der Waals surface area (Å²) in [7, 11) is 1.64. The number of ether oxygens (including phenoxy) is 1. The highest BCUT2D eigenvalue weighted by atomic mass is 16.5. The topological polar surface area (TPSA) is 69.0 Å². The van der Waals surface area contributed by atoms with Crippen LogP contribution in [0.25, 0.3) is 22.2 Å². The van der Waals surface area contributed by atoms with Crippen molar-refractivity contribution < 1.29 is 9.53 Å². The smallest absolute Gasteiger partial charge is 0.252 e. The van der Waals surface area contributed by atoms with Crippen molar-refractivity contribution in [1.29, 1.82) is 0 Å². The average Bonchev–Trinajstić information content (AvgIpc) is 3.29. The summed E-state index contributed by atoms with van der Waals surface area (Å²) in [6, 6.07) is 17.2. The molecule has 0 spiro atoms. The number of fused-ring (bicyclic) bond motifs is 1. The Hall–Kier alpha value is -3.67. The summed E-state index contributed by atoms with van der Waals surface area (Å²) in [4.78, 5) is 21.7. The predicted molar refractivity (Wildman–Crippen MR) is 113 cm³/mol. The Labute approximate surface area is 169 Å². The summed E-state index contributed by atoms with van der Waals surface area (Å²) in [6.07, 6.45) is 6.28. The normalized spacial score (nSPS) is 10.8. The van der Waals surface area contributed by atoms with Crippen LogP contribution in [0.2, 0.25) is 0 Å². The van der Waals surface area contributed by atoms with E-state index in [-0.39, 0.29) is 5.91 Å². The van der Waals surface area contributed by atoms with Gasteiger partial charge in [-0.25, -0.2) is 9.97 Å². The first-order valence-electron chi connectivity index (χ1n) is 9.53. The van der Waals surface area contributed by atoms with Gasteiger partial charge in [0.25, 0.3) is 5.91 Å². The molecule has 2 heterocycles. The highest BCUT2D eigenvalue weighted by Gasteiger charge is 2.13. The minimum absolute atomic E-state index is 0.0935. The lowest BCUT2D eigenvalue weighted by Crippen LogP contribution is -2.25. The summed E-state index contributed by atoms with van der Waals surface area (Å²) in [6.45, 7) is 1.40. The maximum absolute atomic E-state index is 12.9. The van der Waals surface area contributed by atoms with Crippen LogP contribution in [-0.4, -0.2) is 34.1 Å². The summed E-state index contributed by atoms with van der Waals surface area (Å²) in [5, 5.41) is 3.87. The van der Waals surface area contributed by atoms with Crippen LogP contribution in [0.1, 0.15) is 16.8 Å². The molecule has 2 aromatic heterocycles. The van der Waals surface area contributed by atoms with Crippen LogP contribution < -0.4 is 10.1 Å². The third kappa shape index (κ3) is 4.27. The van der Waals surface area contributed by atoms with E-state index in [4.69, 9.17) is 9.72 Å². The Morgan fingerprint density at radius 3 is 2.72 bits per heavy atom. The van der Waals surface area contributed by atoms with Gasteiger partial charge >= 0.3 is 0 Å². The van der Waals surface area contributed by atoms with E-state index < -0.39 is 0 Å². The van der Waals surface area contributed by atoms with Gasteiger partial charge in [-0.2, -0.15) is 0 Å². The monoisotopic (exact) mass is 386 g/mol. The molecule has 0 unspecified atom stereocenters. The molecule has 0 aliphatic rings. The molecular weight excluding hydrogens is 364 g/mol. The van der Waals surface area contributed by atoms with Crippen LogP contribution in [-0.2, 0) is 6.54 Å². The fraction of sp³-hybridized carbons (Fsp3) is 0.174. The van der Waals surface area contributed by atoms with Crippen LogP contribution in [0.3, 0.4) is 0 Å². The molecule has 0 fully saturated rings. The standard InChI is InChI=1S/C23H22N4O2/c1-29-18-9-7-17(8-10-18)22-15-20(19-5-2-3-6-21(19)26-22)23(28)25-11-4-13-27-14-12-24-16-27/h2-3,5-10,12,14-16H,4,11,13H2,1H3,(H,25,28). The molecular formula is C23H22N4O2. The first-order valence-corrected chi connectivity index (χ1v) is 9.53.